The van der Waals surface area contributed by atoms with Gasteiger partial charge in [0.25, 0.3) is 0 Å². The maximum absolute atomic E-state index is 11.4. The fourth-order valence-electron chi connectivity index (χ4n) is 1.72. The Kier molecular flexibility index (Phi) is 4.12. The summed E-state index contributed by atoms with van der Waals surface area (Å²) in [5, 5.41) is 10.6. The lowest BCUT2D eigenvalue weighted by Gasteiger charge is -2.29. The number of carbonyl (C=O) groups is 2. The molecular formula is C15H18O4. The normalized spacial score (nSPS) is 20.5. The van der Waals surface area contributed by atoms with Crippen LogP contribution in [-0.4, -0.2) is 29.6 Å². The number of ether oxygens (including phenoxy) is 1. The number of rotatable bonds is 3. The molecule has 0 aromatic rings. The van der Waals surface area contributed by atoms with Crippen molar-refractivity contribution in [2.45, 2.75) is 26.4 Å². The molecule has 0 atom stereocenters. The highest BCUT2D eigenvalue weighted by Crippen LogP contribution is 2.30. The second-order valence-electron chi connectivity index (χ2n) is 4.47. The number of allylic oxidation sites excluding steroid dienone is 4. The second-order valence-corrected chi connectivity index (χ2v) is 4.47. The third-order valence-corrected chi connectivity index (χ3v) is 2.91. The number of aliphatic hydroxyl groups is 1. The Bertz CT molecular complexity index is 542. The first-order valence-corrected chi connectivity index (χ1v) is 5.80. The van der Waals surface area contributed by atoms with Crippen molar-refractivity contribution in [3.8, 4) is 0 Å². The van der Waals surface area contributed by atoms with Crippen LogP contribution in [0.2, 0.25) is 0 Å². The average Bonchev–Trinajstić information content (AvgIpc) is 2.34. The van der Waals surface area contributed by atoms with Gasteiger partial charge in [0.05, 0.1) is 8.48 Å². The highest BCUT2D eigenvalue weighted by Gasteiger charge is 2.31. The average molecular weight is 263 g/mol. The van der Waals surface area contributed by atoms with E-state index in [0.29, 0.717) is 16.7 Å². The third kappa shape index (κ3) is 3.51. The van der Waals surface area contributed by atoms with E-state index in [-0.39, 0.29) is 11.8 Å². The minimum absolute atomic E-state index is 0.106. The van der Waals surface area contributed by atoms with E-state index in [4.69, 9.17) is 1.37 Å². The first-order chi connectivity index (χ1) is 9.21. The Morgan fingerprint density at radius 3 is 2.42 bits per heavy atom. The van der Waals surface area contributed by atoms with Gasteiger partial charge in [-0.05, 0) is 55.7 Å². The van der Waals surface area contributed by atoms with E-state index in [2.05, 4.69) is 4.74 Å². The molecular weight excluding hydrogens is 244 g/mol. The zero-order chi connectivity index (χ0) is 15.5. The van der Waals surface area contributed by atoms with Crippen molar-refractivity contribution in [2.75, 3.05) is 7.11 Å². The Hall–Kier alpha value is -1.94. The number of methoxy groups -OCH3 is 1. The number of hydrogen-bond acceptors (Lipinski definition) is 4. The lowest BCUT2D eigenvalue weighted by Crippen LogP contribution is -2.32. The lowest BCUT2D eigenvalue weighted by atomic mass is 9.82. The zero-order valence-corrected chi connectivity index (χ0v) is 11.5. The van der Waals surface area contributed by atoms with Gasteiger partial charge in [-0.25, -0.2) is 4.79 Å². The van der Waals surface area contributed by atoms with E-state index in [9.17, 15) is 14.7 Å². The van der Waals surface area contributed by atoms with Crippen molar-refractivity contribution in [1.29, 1.82) is 0 Å². The van der Waals surface area contributed by atoms with E-state index in [1.54, 1.807) is 20.8 Å². The molecule has 0 saturated heterocycles. The summed E-state index contributed by atoms with van der Waals surface area (Å²) in [5.74, 6) is -0.740. The molecule has 1 aliphatic carbocycles. The molecule has 4 heteroatoms. The van der Waals surface area contributed by atoms with Crippen LogP contribution in [-0.2, 0) is 14.3 Å². The molecule has 0 fully saturated rings. The monoisotopic (exact) mass is 263 g/mol. The van der Waals surface area contributed by atoms with Gasteiger partial charge in [0.1, 0.15) is 5.60 Å². The van der Waals surface area contributed by atoms with E-state index < -0.39 is 11.6 Å². The fourth-order valence-corrected chi connectivity index (χ4v) is 1.72. The molecule has 0 spiro atoms. The van der Waals surface area contributed by atoms with Crippen LogP contribution in [0.3, 0.4) is 0 Å². The smallest absolute Gasteiger partial charge is 0.330 e. The Morgan fingerprint density at radius 2 is 1.95 bits per heavy atom. The van der Waals surface area contributed by atoms with Crippen molar-refractivity contribution in [3.63, 3.8) is 0 Å². The van der Waals surface area contributed by atoms with Crippen molar-refractivity contribution < 1.29 is 20.8 Å². The minimum Gasteiger partial charge on any atom is -0.466 e. The summed E-state index contributed by atoms with van der Waals surface area (Å²) in [5.41, 5.74) is -0.365. The van der Waals surface area contributed by atoms with Crippen molar-refractivity contribution in [3.05, 3.63) is 47.1 Å². The summed E-state index contributed by atoms with van der Waals surface area (Å²) in [6.07, 6.45) is 5.20. The van der Waals surface area contributed by atoms with Gasteiger partial charge in [-0.1, -0.05) is 6.08 Å². The molecule has 0 bridgehead atoms. The summed E-state index contributed by atoms with van der Waals surface area (Å²) in [7, 11) is 1.26. The quantitative estimate of drug-likeness (QED) is 0.479. The molecule has 1 rings (SSSR count). The summed E-state index contributed by atoms with van der Waals surface area (Å²) < 4.78 is 12.5. The Labute approximate surface area is 114 Å². The number of esters is 1. The van der Waals surface area contributed by atoms with Crippen LogP contribution in [0.5, 0.6) is 0 Å². The maximum atomic E-state index is 11.4. The molecule has 0 heterocycles. The van der Waals surface area contributed by atoms with E-state index in [1.807, 2.05) is 0 Å². The molecule has 0 radical (unpaired) electrons. The van der Waals surface area contributed by atoms with Gasteiger partial charge in [0.2, 0.25) is 0 Å². The van der Waals surface area contributed by atoms with E-state index in [1.165, 1.54) is 31.4 Å². The van der Waals surface area contributed by atoms with E-state index in [0.717, 1.165) is 0 Å². The molecule has 0 aliphatic heterocycles. The van der Waals surface area contributed by atoms with Crippen LogP contribution in [0, 0.1) is 0 Å². The van der Waals surface area contributed by atoms with Gasteiger partial charge >= 0.3 is 5.97 Å². The molecule has 0 amide bonds. The molecule has 1 aliphatic rings. The zero-order valence-electron chi connectivity index (χ0n) is 12.5. The van der Waals surface area contributed by atoms with Gasteiger partial charge in [-0.15, -0.1) is 0 Å². The topological polar surface area (TPSA) is 63.6 Å². The first kappa shape index (κ1) is 13.5. The summed E-state index contributed by atoms with van der Waals surface area (Å²) in [6, 6.07) is -0.106. The molecule has 19 heavy (non-hydrogen) atoms. The minimum atomic E-state index is -1.61. The summed E-state index contributed by atoms with van der Waals surface area (Å²) in [4.78, 5) is 22.5. The second kappa shape index (κ2) is 5.80. The number of ketones is 1. The predicted octanol–water partition coefficient (Wildman–Crippen LogP) is 1.87. The SMILES string of the molecule is [2H]/C(=C\C(C)=C/C(=O)OC)C1(O)C(C)=CC(=O)C=C1C. The van der Waals surface area contributed by atoms with Crippen LogP contribution in [0.4, 0.5) is 0 Å². The predicted molar refractivity (Wildman–Crippen MR) is 72.4 cm³/mol. The maximum Gasteiger partial charge on any atom is 0.330 e. The van der Waals surface area contributed by atoms with Gasteiger partial charge in [-0.3, -0.25) is 4.79 Å². The van der Waals surface area contributed by atoms with Gasteiger partial charge in [0, 0.05) is 6.08 Å². The Balaban J connectivity index is 3.19. The van der Waals surface area contributed by atoms with Crippen molar-refractivity contribution in [1.82, 2.24) is 0 Å². The molecule has 0 aromatic heterocycles. The summed E-state index contributed by atoms with van der Waals surface area (Å²) in [6.45, 7) is 4.81. The lowest BCUT2D eigenvalue weighted by molar-refractivity contribution is -0.134. The molecule has 102 valence electrons. The molecule has 0 saturated carbocycles. The van der Waals surface area contributed by atoms with Crippen LogP contribution in [0.1, 0.15) is 22.1 Å². The van der Waals surface area contributed by atoms with Crippen LogP contribution >= 0.6 is 0 Å². The van der Waals surface area contributed by atoms with Crippen LogP contribution < -0.4 is 0 Å². The standard InChI is InChI=1S/C15H18O4/c1-10(7-14(17)19-4)5-6-15(18)11(2)8-13(16)9-12(15)3/h5-9,18H,1-4H3/b6-5+,10-7-/i6D. The third-order valence-electron chi connectivity index (χ3n) is 2.91. The summed E-state index contributed by atoms with van der Waals surface area (Å²) >= 11 is 0. The highest BCUT2D eigenvalue weighted by molar-refractivity contribution is 6.02. The fraction of sp³-hybridized carbons (Fsp3) is 0.333. The van der Waals surface area contributed by atoms with Crippen molar-refractivity contribution in [2.24, 2.45) is 0 Å². The van der Waals surface area contributed by atoms with Gasteiger partial charge < -0.3 is 9.84 Å². The van der Waals surface area contributed by atoms with Crippen molar-refractivity contribution >= 4 is 11.8 Å². The van der Waals surface area contributed by atoms with Gasteiger partial charge in [-0.2, -0.15) is 0 Å². The van der Waals surface area contributed by atoms with Crippen LogP contribution in [0.25, 0.3) is 0 Å². The number of hydrogen-bond donors (Lipinski definition) is 1. The molecule has 0 unspecified atom stereocenters. The first-order valence-electron chi connectivity index (χ1n) is 6.30. The number of carbonyl (C=O) groups excluding carboxylic acids is 2. The van der Waals surface area contributed by atoms with Crippen LogP contribution in [0.15, 0.2) is 47.1 Å². The molecule has 4 nitrogen and oxygen atoms in total. The van der Waals surface area contributed by atoms with E-state index >= 15 is 0 Å². The molecule has 0 aromatic carbocycles. The molecule has 1 N–H and O–H groups in total. The largest absolute Gasteiger partial charge is 0.466 e. The highest BCUT2D eigenvalue weighted by atomic mass is 16.5. The van der Waals surface area contributed by atoms with Gasteiger partial charge in [0.15, 0.2) is 5.78 Å². The Morgan fingerprint density at radius 1 is 1.42 bits per heavy atom.